The lowest BCUT2D eigenvalue weighted by molar-refractivity contribution is -0.0190. The van der Waals surface area contributed by atoms with E-state index >= 15 is 0 Å². The van der Waals surface area contributed by atoms with Gasteiger partial charge in [-0.1, -0.05) is 0 Å². The van der Waals surface area contributed by atoms with Gasteiger partial charge in [0.15, 0.2) is 9.84 Å². The molecule has 2 fully saturated rings. The molecular formula is C14H17F2NO3S. The summed E-state index contributed by atoms with van der Waals surface area (Å²) in [5.74, 6) is -1.67. The van der Waals surface area contributed by atoms with Crippen molar-refractivity contribution in [2.45, 2.75) is 35.0 Å². The van der Waals surface area contributed by atoms with Crippen molar-refractivity contribution in [3.63, 3.8) is 0 Å². The summed E-state index contributed by atoms with van der Waals surface area (Å²) in [7, 11) is -3.93. The van der Waals surface area contributed by atoms with Gasteiger partial charge in [-0.2, -0.15) is 0 Å². The molecule has 2 saturated heterocycles. The first kappa shape index (κ1) is 14.9. The smallest absolute Gasteiger partial charge is 0.186 e. The van der Waals surface area contributed by atoms with Gasteiger partial charge in [0, 0.05) is 0 Å². The first-order valence-corrected chi connectivity index (χ1v) is 8.51. The maximum atomic E-state index is 13.8. The summed E-state index contributed by atoms with van der Waals surface area (Å²) >= 11 is 0. The van der Waals surface area contributed by atoms with Gasteiger partial charge in [0.25, 0.3) is 0 Å². The molecule has 4 nitrogen and oxygen atoms in total. The molecule has 0 amide bonds. The van der Waals surface area contributed by atoms with Crippen molar-refractivity contribution in [3.05, 3.63) is 29.8 Å². The van der Waals surface area contributed by atoms with E-state index in [2.05, 4.69) is 5.32 Å². The molecule has 1 atom stereocenters. The van der Waals surface area contributed by atoms with Crippen LogP contribution in [0.25, 0.3) is 0 Å². The van der Waals surface area contributed by atoms with Gasteiger partial charge in [0.2, 0.25) is 0 Å². The Kier molecular flexibility index (Phi) is 3.75. The van der Waals surface area contributed by atoms with E-state index in [4.69, 9.17) is 4.74 Å². The average Bonchev–Trinajstić information content (AvgIpc) is 2.87. The van der Waals surface area contributed by atoms with Gasteiger partial charge in [0.1, 0.15) is 16.5 Å². The highest BCUT2D eigenvalue weighted by atomic mass is 32.2. The average molecular weight is 317 g/mol. The van der Waals surface area contributed by atoms with Crippen LogP contribution in [-0.2, 0) is 14.6 Å². The Morgan fingerprint density at radius 1 is 1.24 bits per heavy atom. The molecule has 0 aromatic heterocycles. The first-order chi connectivity index (χ1) is 9.93. The van der Waals surface area contributed by atoms with Crippen LogP contribution in [0.2, 0.25) is 0 Å². The predicted molar refractivity (Wildman–Crippen MR) is 72.7 cm³/mol. The first-order valence-electron chi connectivity index (χ1n) is 6.97. The molecule has 2 heterocycles. The molecule has 1 spiro atoms. The Labute approximate surface area is 122 Å². The summed E-state index contributed by atoms with van der Waals surface area (Å²) in [5.41, 5.74) is -0.438. The van der Waals surface area contributed by atoms with Crippen molar-refractivity contribution in [2.75, 3.05) is 19.7 Å². The summed E-state index contributed by atoms with van der Waals surface area (Å²) in [6, 6.07) is 2.50. The summed E-state index contributed by atoms with van der Waals surface area (Å²) in [5, 5.41) is 2.39. The molecule has 1 aromatic rings. The maximum Gasteiger partial charge on any atom is 0.186 e. The Morgan fingerprint density at radius 3 is 2.67 bits per heavy atom. The van der Waals surface area contributed by atoms with Gasteiger partial charge < -0.3 is 10.1 Å². The number of hydrogen-bond donors (Lipinski definition) is 1. The lowest BCUT2D eigenvalue weighted by Crippen LogP contribution is -2.41. The van der Waals surface area contributed by atoms with E-state index in [1.165, 1.54) is 0 Å². The van der Waals surface area contributed by atoms with Crippen LogP contribution >= 0.6 is 0 Å². The SMILES string of the molecule is O=S(=O)(c1cc(F)ccc1F)C1COC2(CCNCC2)C1. The van der Waals surface area contributed by atoms with Crippen LogP contribution in [0.4, 0.5) is 8.78 Å². The molecule has 21 heavy (non-hydrogen) atoms. The number of halogens is 2. The monoisotopic (exact) mass is 317 g/mol. The van der Waals surface area contributed by atoms with Crippen LogP contribution in [-0.4, -0.2) is 39.0 Å². The molecule has 0 radical (unpaired) electrons. The molecular weight excluding hydrogens is 300 g/mol. The normalized spacial score (nSPS) is 25.3. The summed E-state index contributed by atoms with van der Waals surface area (Å²) in [4.78, 5) is -0.568. The fourth-order valence-corrected chi connectivity index (χ4v) is 4.85. The minimum absolute atomic E-state index is 0.0400. The van der Waals surface area contributed by atoms with Crippen molar-refractivity contribution < 1.29 is 21.9 Å². The van der Waals surface area contributed by atoms with Crippen LogP contribution in [0.3, 0.4) is 0 Å². The van der Waals surface area contributed by atoms with Crippen LogP contribution < -0.4 is 5.32 Å². The van der Waals surface area contributed by atoms with Crippen molar-refractivity contribution >= 4 is 9.84 Å². The standard InChI is InChI=1S/C14H17F2NO3S/c15-10-1-2-12(16)13(7-10)21(18,19)11-8-14(20-9-11)3-5-17-6-4-14/h1-2,7,11,17H,3-6,8-9H2. The van der Waals surface area contributed by atoms with E-state index in [0.717, 1.165) is 44.1 Å². The van der Waals surface area contributed by atoms with Gasteiger partial charge in [-0.3, -0.25) is 0 Å². The Balaban J connectivity index is 1.88. The lowest BCUT2D eigenvalue weighted by Gasteiger charge is -2.32. The molecule has 0 saturated carbocycles. The molecule has 3 rings (SSSR count). The highest BCUT2D eigenvalue weighted by Gasteiger charge is 2.46. The third-order valence-electron chi connectivity index (χ3n) is 4.33. The largest absolute Gasteiger partial charge is 0.373 e. The quantitative estimate of drug-likeness (QED) is 0.901. The van der Waals surface area contributed by atoms with E-state index < -0.39 is 37.2 Å². The van der Waals surface area contributed by atoms with Crippen molar-refractivity contribution in [2.24, 2.45) is 0 Å². The molecule has 7 heteroatoms. The van der Waals surface area contributed by atoms with E-state index in [0.29, 0.717) is 6.42 Å². The van der Waals surface area contributed by atoms with Crippen LogP contribution in [0.1, 0.15) is 19.3 Å². The Hall–Kier alpha value is -1.05. The number of sulfone groups is 1. The molecule has 0 aliphatic carbocycles. The molecule has 1 aromatic carbocycles. The van der Waals surface area contributed by atoms with E-state index in [9.17, 15) is 17.2 Å². The number of rotatable bonds is 2. The fourth-order valence-electron chi connectivity index (χ4n) is 3.11. The minimum Gasteiger partial charge on any atom is -0.373 e. The van der Waals surface area contributed by atoms with Gasteiger partial charge in [-0.15, -0.1) is 0 Å². The second-order valence-corrected chi connectivity index (χ2v) is 7.89. The summed E-state index contributed by atoms with van der Waals surface area (Å²) < 4.78 is 57.8. The number of piperidine rings is 1. The summed E-state index contributed by atoms with van der Waals surface area (Å²) in [6.45, 7) is 1.60. The Morgan fingerprint density at radius 2 is 1.95 bits per heavy atom. The van der Waals surface area contributed by atoms with E-state index in [1.54, 1.807) is 0 Å². The van der Waals surface area contributed by atoms with E-state index in [1.807, 2.05) is 0 Å². The fraction of sp³-hybridized carbons (Fsp3) is 0.571. The van der Waals surface area contributed by atoms with E-state index in [-0.39, 0.29) is 6.61 Å². The van der Waals surface area contributed by atoms with Crippen molar-refractivity contribution in [3.8, 4) is 0 Å². The molecule has 2 aliphatic heterocycles. The number of hydrogen-bond acceptors (Lipinski definition) is 4. The van der Waals surface area contributed by atoms with Crippen molar-refractivity contribution in [1.82, 2.24) is 5.32 Å². The lowest BCUT2D eigenvalue weighted by atomic mass is 9.89. The number of ether oxygens (including phenoxy) is 1. The van der Waals surface area contributed by atoms with Crippen molar-refractivity contribution in [1.29, 1.82) is 0 Å². The molecule has 0 bridgehead atoms. The highest BCUT2D eigenvalue weighted by Crippen LogP contribution is 2.38. The maximum absolute atomic E-state index is 13.8. The zero-order valence-electron chi connectivity index (χ0n) is 11.4. The zero-order chi connectivity index (χ0) is 15.1. The minimum atomic E-state index is -3.93. The third-order valence-corrected chi connectivity index (χ3v) is 6.43. The number of nitrogens with one attached hydrogen (secondary N) is 1. The van der Waals surface area contributed by atoms with Crippen LogP contribution in [0.5, 0.6) is 0 Å². The zero-order valence-corrected chi connectivity index (χ0v) is 12.3. The third kappa shape index (κ3) is 2.69. The number of benzene rings is 1. The molecule has 116 valence electrons. The van der Waals surface area contributed by atoms with Gasteiger partial charge in [0.05, 0.1) is 17.5 Å². The summed E-state index contributed by atoms with van der Waals surface area (Å²) in [6.07, 6.45) is 1.82. The molecule has 1 unspecified atom stereocenters. The predicted octanol–water partition coefficient (Wildman–Crippen LogP) is 1.65. The van der Waals surface area contributed by atoms with Crippen LogP contribution in [0, 0.1) is 11.6 Å². The Bertz CT molecular complexity index is 642. The second kappa shape index (κ2) is 5.30. The van der Waals surface area contributed by atoms with Gasteiger partial charge in [-0.25, -0.2) is 17.2 Å². The second-order valence-electron chi connectivity index (χ2n) is 5.69. The van der Waals surface area contributed by atoms with Gasteiger partial charge in [-0.05, 0) is 50.6 Å². The highest BCUT2D eigenvalue weighted by molar-refractivity contribution is 7.92. The van der Waals surface area contributed by atoms with Crippen LogP contribution in [0.15, 0.2) is 23.1 Å². The molecule has 2 aliphatic rings. The topological polar surface area (TPSA) is 55.4 Å². The molecule has 1 N–H and O–H groups in total. The van der Waals surface area contributed by atoms with Gasteiger partial charge >= 0.3 is 0 Å².